The van der Waals surface area contributed by atoms with Crippen LogP contribution in [0.4, 0.5) is 26.2 Å². The van der Waals surface area contributed by atoms with Crippen LogP contribution in [0.1, 0.15) is 37.5 Å². The molecule has 11 nitrogen and oxygen atoms in total. The maximum absolute atomic E-state index is 14.3. The summed E-state index contributed by atoms with van der Waals surface area (Å²) in [6.07, 6.45) is 0. The SMILES string of the molecule is CCN1CCN(c2ccc(C)c(-c3ccc(Br)cc3F)n2)CC1.CCN1CCN(c2ccc(C)c(Br)n2)CC1.CCN1CCN(c2ccc(O)c(-c3ccc(Br)cc3F)n2)CC1.Cc1ccc(I)nc1Br. The minimum atomic E-state index is -0.407. The Bertz CT molecular complexity index is 2560. The number of anilines is 3. The van der Waals surface area contributed by atoms with E-state index in [-0.39, 0.29) is 17.3 Å². The van der Waals surface area contributed by atoms with Crippen LogP contribution in [-0.2, 0) is 0 Å². The third kappa shape index (κ3) is 16.3. The van der Waals surface area contributed by atoms with E-state index in [0.717, 1.165) is 144 Å². The number of halogens is 7. The van der Waals surface area contributed by atoms with Crippen LogP contribution in [0.2, 0.25) is 0 Å². The van der Waals surface area contributed by atoms with E-state index in [2.05, 4.69) is 170 Å². The molecule has 0 spiro atoms. The van der Waals surface area contributed by atoms with Crippen molar-refractivity contribution in [2.45, 2.75) is 41.5 Å². The van der Waals surface area contributed by atoms with E-state index in [1.165, 1.54) is 23.3 Å². The van der Waals surface area contributed by atoms with Gasteiger partial charge >= 0.3 is 0 Å². The van der Waals surface area contributed by atoms with Crippen molar-refractivity contribution in [2.75, 3.05) is 113 Å². The van der Waals surface area contributed by atoms with Crippen molar-refractivity contribution in [1.29, 1.82) is 0 Å². The largest absolute Gasteiger partial charge is 0.506 e. The lowest BCUT2D eigenvalue weighted by molar-refractivity contribution is 0.270. The average molecular weight is 1340 g/mol. The smallest absolute Gasteiger partial charge is 0.142 e. The second-order valence-corrected chi connectivity index (χ2v) is 21.8. The lowest BCUT2D eigenvalue weighted by Gasteiger charge is -2.35. The number of aromatic nitrogens is 4. The molecule has 1 N–H and O–H groups in total. The molecule has 0 amide bonds. The van der Waals surface area contributed by atoms with Crippen molar-refractivity contribution in [1.82, 2.24) is 34.6 Å². The highest BCUT2D eigenvalue weighted by Crippen LogP contribution is 2.33. The lowest BCUT2D eigenvalue weighted by Crippen LogP contribution is -2.46. The van der Waals surface area contributed by atoms with Crippen molar-refractivity contribution in [3.05, 3.63) is 135 Å². The zero-order valence-corrected chi connectivity index (χ0v) is 49.8. The molecule has 7 heterocycles. The molecule has 6 aromatic rings. The van der Waals surface area contributed by atoms with Crippen molar-refractivity contribution in [3.63, 3.8) is 0 Å². The summed E-state index contributed by atoms with van der Waals surface area (Å²) in [7, 11) is 0. The van der Waals surface area contributed by atoms with Crippen molar-refractivity contribution >= 4 is 104 Å². The van der Waals surface area contributed by atoms with Gasteiger partial charge in [-0.3, -0.25) is 0 Å². The van der Waals surface area contributed by atoms with Crippen LogP contribution in [0.25, 0.3) is 22.5 Å². The van der Waals surface area contributed by atoms with Crippen molar-refractivity contribution in [2.24, 2.45) is 0 Å². The zero-order chi connectivity index (χ0) is 51.2. The normalized spacial score (nSPS) is 15.5. The van der Waals surface area contributed by atoms with Crippen LogP contribution in [0.5, 0.6) is 5.75 Å². The first-order valence-corrected chi connectivity index (χ1v) is 28.2. The first-order valence-electron chi connectivity index (χ1n) is 24.0. The van der Waals surface area contributed by atoms with Gasteiger partial charge in [0.2, 0.25) is 0 Å². The summed E-state index contributed by atoms with van der Waals surface area (Å²) in [6.45, 7) is 28.1. The van der Waals surface area contributed by atoms with Crippen LogP contribution < -0.4 is 14.7 Å². The maximum atomic E-state index is 14.3. The first-order chi connectivity index (χ1) is 34.1. The number of aromatic hydroxyl groups is 1. The number of piperazine rings is 3. The molecular formula is C53H63Br4F2IN10O. The number of benzene rings is 2. The van der Waals surface area contributed by atoms with Gasteiger partial charge in [-0.05, 0) is 178 Å². The number of hydrogen-bond acceptors (Lipinski definition) is 11. The topological polar surface area (TPSA) is 91.2 Å². The molecule has 71 heavy (non-hydrogen) atoms. The van der Waals surface area contributed by atoms with Gasteiger partial charge in [-0.25, -0.2) is 28.7 Å². The third-order valence-corrected chi connectivity index (χ3v) is 16.0. The summed E-state index contributed by atoms with van der Waals surface area (Å²) in [6, 6.07) is 25.6. The Morgan fingerprint density at radius 3 is 1.23 bits per heavy atom. The Hall–Kier alpha value is -3.37. The number of hydrogen-bond donors (Lipinski definition) is 1. The van der Waals surface area contributed by atoms with Gasteiger partial charge in [0.1, 0.15) is 53.4 Å². The van der Waals surface area contributed by atoms with Crippen molar-refractivity contribution < 1.29 is 13.9 Å². The number of rotatable bonds is 8. The standard InChI is InChI=1S/C18H21BrFN3.C17H19BrFN3O.C12H18BrN3.C6H5BrIN/c1-3-22-8-10-23(11-9-22)17-7-4-13(2)18(21-17)15-6-5-14(19)12-16(15)20;1-2-21-7-9-22(10-8-21)16-6-5-15(23)17(20-16)13-4-3-12(18)11-14(13)19;1-3-15-6-8-16(9-7-15)11-5-4-10(2)12(13)14-11;1-4-2-3-5(8)9-6(4)7/h4-7,12H,3,8-11H2,1-2H3;3-6,11,23H,2,7-10H2,1H3;4-5H,3,6-9H2,1-2H3;2-3H,1H3. The molecule has 4 aromatic heterocycles. The summed E-state index contributed by atoms with van der Waals surface area (Å²) < 4.78 is 32.8. The Kier molecular flexibility index (Phi) is 22.3. The Morgan fingerprint density at radius 2 is 0.831 bits per heavy atom. The van der Waals surface area contributed by atoms with E-state index in [0.29, 0.717) is 15.6 Å². The van der Waals surface area contributed by atoms with Crippen LogP contribution >= 0.6 is 86.3 Å². The summed E-state index contributed by atoms with van der Waals surface area (Å²) in [5.74, 6) is 2.13. The molecule has 3 saturated heterocycles. The summed E-state index contributed by atoms with van der Waals surface area (Å²) in [5, 5.41) is 10.1. The van der Waals surface area contributed by atoms with Gasteiger partial charge in [-0.1, -0.05) is 70.8 Å². The molecule has 0 saturated carbocycles. The van der Waals surface area contributed by atoms with Gasteiger partial charge in [0.05, 0.1) is 5.69 Å². The van der Waals surface area contributed by atoms with Gasteiger partial charge in [0, 0.05) is 98.6 Å². The molecule has 3 fully saturated rings. The average Bonchev–Trinajstić information content (AvgIpc) is 3.37. The molecule has 0 aliphatic carbocycles. The molecule has 0 radical (unpaired) electrons. The van der Waals surface area contributed by atoms with Gasteiger partial charge in [-0.2, -0.15) is 0 Å². The molecule has 0 bridgehead atoms. The van der Waals surface area contributed by atoms with Gasteiger partial charge in [-0.15, -0.1) is 0 Å². The second kappa shape index (κ2) is 27.8. The molecule has 380 valence electrons. The Labute approximate surface area is 466 Å². The molecule has 9 rings (SSSR count). The van der Waals surface area contributed by atoms with Crippen LogP contribution in [0.15, 0.2) is 103 Å². The number of pyridine rings is 4. The van der Waals surface area contributed by atoms with Crippen molar-refractivity contribution in [3.8, 4) is 28.3 Å². The Balaban J connectivity index is 0.000000162. The number of aryl methyl sites for hydroxylation is 3. The predicted molar refractivity (Wildman–Crippen MR) is 310 cm³/mol. The fraction of sp³-hybridized carbons (Fsp3) is 0.396. The van der Waals surface area contributed by atoms with Gasteiger partial charge < -0.3 is 34.5 Å². The quantitative estimate of drug-likeness (QED) is 0.117. The first kappa shape index (κ1) is 56.9. The molecule has 0 atom stereocenters. The van der Waals surface area contributed by atoms with E-state index in [1.54, 1.807) is 30.3 Å². The van der Waals surface area contributed by atoms with Gasteiger partial charge in [0.15, 0.2) is 0 Å². The zero-order valence-electron chi connectivity index (χ0n) is 41.3. The molecule has 18 heteroatoms. The van der Waals surface area contributed by atoms with Crippen LogP contribution in [-0.4, -0.2) is 138 Å². The summed E-state index contributed by atoms with van der Waals surface area (Å²) in [4.78, 5) is 32.1. The van der Waals surface area contributed by atoms with E-state index in [4.69, 9.17) is 4.98 Å². The molecule has 2 aromatic carbocycles. The van der Waals surface area contributed by atoms with E-state index >= 15 is 0 Å². The van der Waals surface area contributed by atoms with Gasteiger partial charge in [0.25, 0.3) is 0 Å². The number of nitrogens with zero attached hydrogens (tertiary/aromatic N) is 10. The molecule has 3 aliphatic rings. The van der Waals surface area contributed by atoms with E-state index < -0.39 is 5.82 Å². The predicted octanol–water partition coefficient (Wildman–Crippen LogP) is 12.6. The monoisotopic (exact) mass is 1340 g/mol. The maximum Gasteiger partial charge on any atom is 0.142 e. The van der Waals surface area contributed by atoms with E-state index in [9.17, 15) is 13.9 Å². The Morgan fingerprint density at radius 1 is 0.465 bits per heavy atom. The fourth-order valence-electron chi connectivity index (χ4n) is 8.18. The molecule has 3 aliphatic heterocycles. The van der Waals surface area contributed by atoms with Crippen LogP contribution in [0, 0.1) is 36.1 Å². The highest BCUT2D eigenvalue weighted by molar-refractivity contribution is 14.1. The molecule has 0 unspecified atom stereocenters. The minimum Gasteiger partial charge on any atom is -0.506 e. The van der Waals surface area contributed by atoms with Crippen LogP contribution in [0.3, 0.4) is 0 Å². The molecular weight excluding hydrogens is 1280 g/mol. The fourth-order valence-corrected chi connectivity index (χ4v) is 10.2. The highest BCUT2D eigenvalue weighted by atomic mass is 127. The third-order valence-electron chi connectivity index (χ3n) is 12.8. The lowest BCUT2D eigenvalue weighted by atomic mass is 10.1. The summed E-state index contributed by atoms with van der Waals surface area (Å²) >= 11 is 15.5. The minimum absolute atomic E-state index is 0.0119. The van der Waals surface area contributed by atoms with E-state index in [1.807, 2.05) is 44.2 Å². The second-order valence-electron chi connectivity index (χ2n) is 17.4. The highest BCUT2D eigenvalue weighted by Gasteiger charge is 2.22. The summed E-state index contributed by atoms with van der Waals surface area (Å²) in [5.41, 5.74) is 5.23. The number of likely N-dealkylation sites (N-methyl/N-ethyl adjacent to an activating group) is 3.